The molecule has 0 aliphatic carbocycles. The smallest absolute Gasteiger partial charge is 0.274 e. The molecule has 1 saturated heterocycles. The van der Waals surface area contributed by atoms with E-state index in [4.69, 9.17) is 4.74 Å². The number of phenolic OH excluding ortho intramolecular Hbond substituents is 1. The molecular weight excluding hydrogens is 446 g/mol. The fourth-order valence-corrected chi connectivity index (χ4v) is 4.80. The Morgan fingerprint density at radius 3 is 2.60 bits per heavy atom. The van der Waals surface area contributed by atoms with Gasteiger partial charge in [-0.05, 0) is 62.7 Å². The highest BCUT2D eigenvalue weighted by molar-refractivity contribution is 6.08. The first kappa shape index (κ1) is 23.2. The van der Waals surface area contributed by atoms with E-state index >= 15 is 0 Å². The van der Waals surface area contributed by atoms with Crippen LogP contribution in [-0.4, -0.2) is 82.2 Å². The zero-order chi connectivity index (χ0) is 24.5. The average molecular weight is 478 g/mol. The van der Waals surface area contributed by atoms with Gasteiger partial charge in [-0.2, -0.15) is 5.10 Å². The Hall–Kier alpha value is -3.59. The maximum Gasteiger partial charge on any atom is 0.274 e. The molecule has 3 aromatic rings. The molecular formula is C26H31N5O4. The summed E-state index contributed by atoms with van der Waals surface area (Å²) in [7, 11) is 4.07. The molecule has 9 nitrogen and oxygen atoms in total. The summed E-state index contributed by atoms with van der Waals surface area (Å²) in [6.45, 7) is 3.91. The molecule has 3 heterocycles. The van der Waals surface area contributed by atoms with Crippen LogP contribution in [0.1, 0.15) is 51.2 Å². The molecule has 0 atom stereocenters. The summed E-state index contributed by atoms with van der Waals surface area (Å²) >= 11 is 0. The Kier molecular flexibility index (Phi) is 6.34. The molecule has 2 aliphatic heterocycles. The summed E-state index contributed by atoms with van der Waals surface area (Å²) < 4.78 is 5.88. The number of nitrogens with zero attached hydrogens (tertiary/aromatic N) is 4. The number of nitrogens with one attached hydrogen (secondary N) is 1. The Bertz CT molecular complexity index is 1260. The van der Waals surface area contributed by atoms with Crippen molar-refractivity contribution in [1.82, 2.24) is 24.9 Å². The number of aromatic nitrogens is 2. The van der Waals surface area contributed by atoms with E-state index in [9.17, 15) is 14.7 Å². The van der Waals surface area contributed by atoms with Gasteiger partial charge in [0.1, 0.15) is 11.5 Å². The number of hydrogen-bond donors (Lipinski definition) is 2. The number of rotatable bonds is 7. The summed E-state index contributed by atoms with van der Waals surface area (Å²) in [5.41, 5.74) is 3.09. The number of benzene rings is 2. The van der Waals surface area contributed by atoms with Crippen molar-refractivity contribution >= 4 is 22.7 Å². The van der Waals surface area contributed by atoms with Gasteiger partial charge < -0.3 is 24.5 Å². The molecule has 0 saturated carbocycles. The van der Waals surface area contributed by atoms with E-state index in [-0.39, 0.29) is 28.8 Å². The van der Waals surface area contributed by atoms with E-state index in [0.29, 0.717) is 43.7 Å². The van der Waals surface area contributed by atoms with Crippen molar-refractivity contribution < 1.29 is 19.4 Å². The van der Waals surface area contributed by atoms with E-state index in [1.54, 1.807) is 15.9 Å². The lowest BCUT2D eigenvalue weighted by Crippen LogP contribution is -2.28. The molecule has 0 spiro atoms. The zero-order valence-electron chi connectivity index (χ0n) is 20.2. The molecule has 2 amide bonds. The van der Waals surface area contributed by atoms with Gasteiger partial charge in [0.05, 0.1) is 17.7 Å². The Morgan fingerprint density at radius 2 is 1.83 bits per heavy atom. The van der Waals surface area contributed by atoms with Crippen LogP contribution in [0.4, 0.5) is 0 Å². The van der Waals surface area contributed by atoms with Crippen molar-refractivity contribution in [1.29, 1.82) is 0 Å². The Balaban J connectivity index is 1.32. The van der Waals surface area contributed by atoms with Crippen molar-refractivity contribution in [2.45, 2.75) is 32.4 Å². The predicted octanol–water partition coefficient (Wildman–Crippen LogP) is 2.99. The van der Waals surface area contributed by atoms with Crippen LogP contribution in [0, 0.1) is 0 Å². The number of carbonyl (C=O) groups is 2. The minimum absolute atomic E-state index is 0.132. The van der Waals surface area contributed by atoms with Crippen molar-refractivity contribution in [2.75, 3.05) is 40.3 Å². The Morgan fingerprint density at radius 1 is 1.06 bits per heavy atom. The third-order valence-corrected chi connectivity index (χ3v) is 6.71. The second kappa shape index (κ2) is 9.58. The average Bonchev–Trinajstić information content (AvgIpc) is 3.59. The molecule has 35 heavy (non-hydrogen) atoms. The van der Waals surface area contributed by atoms with Gasteiger partial charge in [0, 0.05) is 44.2 Å². The second-order valence-corrected chi connectivity index (χ2v) is 9.58. The van der Waals surface area contributed by atoms with Gasteiger partial charge in [0.2, 0.25) is 0 Å². The lowest BCUT2D eigenvalue weighted by Gasteiger charge is -2.17. The predicted molar refractivity (Wildman–Crippen MR) is 132 cm³/mol. The molecule has 0 bridgehead atoms. The molecule has 2 N–H and O–H groups in total. The van der Waals surface area contributed by atoms with Crippen molar-refractivity contribution in [3.63, 3.8) is 0 Å². The number of H-pyrrole nitrogens is 1. The molecule has 5 rings (SSSR count). The van der Waals surface area contributed by atoms with Gasteiger partial charge in [-0.15, -0.1) is 0 Å². The summed E-state index contributed by atoms with van der Waals surface area (Å²) in [4.78, 5) is 31.9. The number of ether oxygens (including phenoxy) is 1. The molecule has 1 aromatic heterocycles. The fourth-order valence-electron chi connectivity index (χ4n) is 4.80. The summed E-state index contributed by atoms with van der Waals surface area (Å²) in [5.74, 6) is 0.232. The topological polar surface area (TPSA) is 102 Å². The number of carbonyl (C=O) groups excluding carboxylic acids is 2. The van der Waals surface area contributed by atoms with Gasteiger partial charge in [0.15, 0.2) is 5.69 Å². The largest absolute Gasteiger partial charge is 0.507 e. The maximum atomic E-state index is 13.4. The molecule has 2 aromatic carbocycles. The number of fused-ring (bicyclic) bond motifs is 2. The summed E-state index contributed by atoms with van der Waals surface area (Å²) in [6.07, 6.45) is 2.90. The molecule has 1 fully saturated rings. The first-order chi connectivity index (χ1) is 16.9. The van der Waals surface area contributed by atoms with Crippen molar-refractivity contribution in [3.05, 3.63) is 52.7 Å². The lowest BCUT2D eigenvalue weighted by atomic mass is 10.1. The number of amides is 2. The molecule has 2 aliphatic rings. The molecule has 9 heteroatoms. The van der Waals surface area contributed by atoms with Gasteiger partial charge in [-0.25, -0.2) is 0 Å². The van der Waals surface area contributed by atoms with Crippen molar-refractivity contribution in [3.8, 4) is 11.5 Å². The van der Waals surface area contributed by atoms with Crippen LogP contribution in [0.5, 0.6) is 11.5 Å². The molecule has 184 valence electrons. The third-order valence-electron chi connectivity index (χ3n) is 6.71. The van der Waals surface area contributed by atoms with Crippen LogP contribution in [0.15, 0.2) is 30.3 Å². The minimum atomic E-state index is -0.283. The van der Waals surface area contributed by atoms with E-state index in [1.165, 1.54) is 6.07 Å². The van der Waals surface area contributed by atoms with Crippen LogP contribution in [0.3, 0.4) is 0 Å². The number of aromatic amines is 1. The first-order valence-corrected chi connectivity index (χ1v) is 12.1. The van der Waals surface area contributed by atoms with Gasteiger partial charge >= 0.3 is 0 Å². The quantitative estimate of drug-likeness (QED) is 0.508. The van der Waals surface area contributed by atoms with Gasteiger partial charge in [-0.3, -0.25) is 14.7 Å². The lowest BCUT2D eigenvalue weighted by molar-refractivity contribution is 0.0746. The standard InChI is InChI=1S/C26H31N5O4/c1-29(2)8-5-11-35-19-7-6-17-15-31(16-18(17)12-19)25(33)21-13-20-22(14-23(21)32)27-28-24(20)26(34)30-9-3-4-10-30/h6-7,12-14,32H,3-5,8-11,15-16H2,1-2H3,(H,27,28). The van der Waals surface area contributed by atoms with Crippen LogP contribution in [0.25, 0.3) is 10.9 Å². The van der Waals surface area contributed by atoms with Crippen LogP contribution >= 0.6 is 0 Å². The van der Waals surface area contributed by atoms with E-state index in [2.05, 4.69) is 15.1 Å². The maximum absolute atomic E-state index is 13.4. The Labute approximate surface area is 204 Å². The van der Waals surface area contributed by atoms with E-state index in [1.807, 2.05) is 32.3 Å². The monoisotopic (exact) mass is 477 g/mol. The van der Waals surface area contributed by atoms with Crippen LogP contribution < -0.4 is 4.74 Å². The van der Waals surface area contributed by atoms with Crippen LogP contribution in [-0.2, 0) is 13.1 Å². The summed E-state index contributed by atoms with van der Waals surface area (Å²) in [6, 6.07) is 8.98. The molecule has 0 unspecified atom stereocenters. The highest BCUT2D eigenvalue weighted by Gasteiger charge is 2.29. The summed E-state index contributed by atoms with van der Waals surface area (Å²) in [5, 5.41) is 18.2. The van der Waals surface area contributed by atoms with E-state index < -0.39 is 0 Å². The van der Waals surface area contributed by atoms with Crippen molar-refractivity contribution in [2.24, 2.45) is 0 Å². The highest BCUT2D eigenvalue weighted by atomic mass is 16.5. The number of hydrogen-bond acceptors (Lipinski definition) is 6. The highest BCUT2D eigenvalue weighted by Crippen LogP contribution is 2.32. The number of phenols is 1. The zero-order valence-corrected chi connectivity index (χ0v) is 20.2. The minimum Gasteiger partial charge on any atom is -0.507 e. The first-order valence-electron chi connectivity index (χ1n) is 12.1. The van der Waals surface area contributed by atoms with E-state index in [0.717, 1.165) is 42.7 Å². The van der Waals surface area contributed by atoms with Gasteiger partial charge in [0.25, 0.3) is 11.8 Å². The second-order valence-electron chi connectivity index (χ2n) is 9.58. The number of likely N-dealkylation sites (tertiary alicyclic amines) is 1. The van der Waals surface area contributed by atoms with Gasteiger partial charge in [-0.1, -0.05) is 6.07 Å². The third kappa shape index (κ3) is 4.68. The molecule has 0 radical (unpaired) electrons. The SMILES string of the molecule is CN(C)CCCOc1ccc2c(c1)CN(C(=O)c1cc3c(C(=O)N4CCCC4)n[nH]c3cc1O)C2. The number of aromatic hydroxyl groups is 1. The van der Waals surface area contributed by atoms with Crippen LogP contribution in [0.2, 0.25) is 0 Å². The fraction of sp³-hybridized carbons (Fsp3) is 0.423. The normalized spacial score (nSPS) is 15.3.